The second kappa shape index (κ2) is 5.87. The first-order valence-corrected chi connectivity index (χ1v) is 6.09. The van der Waals surface area contributed by atoms with Crippen molar-refractivity contribution in [3.05, 3.63) is 24.3 Å². The number of rotatable bonds is 2. The lowest BCUT2D eigenvalue weighted by Gasteiger charge is -2.26. The molecule has 3 rings (SSSR count). The number of nitrogens with zero attached hydrogens (tertiary/aromatic N) is 1. The summed E-state index contributed by atoms with van der Waals surface area (Å²) in [6.45, 7) is 8.37. The molecule has 3 heterocycles. The van der Waals surface area contributed by atoms with Crippen molar-refractivity contribution in [1.82, 2.24) is 10.2 Å². The average Bonchev–Trinajstić information content (AvgIpc) is 2.96. The quantitative estimate of drug-likeness (QED) is 0.841. The van der Waals surface area contributed by atoms with Gasteiger partial charge in [-0.15, -0.1) is 0 Å². The van der Waals surface area contributed by atoms with Crippen molar-refractivity contribution >= 4 is 11.2 Å². The van der Waals surface area contributed by atoms with Gasteiger partial charge in [0, 0.05) is 26.2 Å². The van der Waals surface area contributed by atoms with E-state index in [9.17, 15) is 0 Å². The summed E-state index contributed by atoms with van der Waals surface area (Å²) in [6, 6.07) is 7.81. The molecule has 0 unspecified atom stereocenters. The van der Waals surface area contributed by atoms with Crippen molar-refractivity contribution < 1.29 is 4.42 Å². The molecule has 0 radical (unpaired) electrons. The van der Waals surface area contributed by atoms with Crippen LogP contribution in [0.5, 0.6) is 0 Å². The maximum Gasteiger partial charge on any atom is 0.127 e. The summed E-state index contributed by atoms with van der Waals surface area (Å²) in [5.41, 5.74) is 1.94. The lowest BCUT2D eigenvalue weighted by Crippen LogP contribution is -2.43. The molecule has 1 N–H and O–H groups in total. The first-order chi connectivity index (χ1) is 7.88. The molecule has 0 atom stereocenters. The molecule has 1 aliphatic heterocycles. The minimum Gasteiger partial charge on any atom is -0.457 e. The van der Waals surface area contributed by atoms with Gasteiger partial charge >= 0.3 is 0 Å². The molecule has 0 spiro atoms. The van der Waals surface area contributed by atoms with Crippen molar-refractivity contribution in [1.29, 1.82) is 0 Å². The first-order valence-electron chi connectivity index (χ1n) is 6.09. The van der Waals surface area contributed by atoms with Crippen molar-refractivity contribution in [2.75, 3.05) is 32.7 Å². The number of furan rings is 2. The van der Waals surface area contributed by atoms with E-state index in [4.69, 9.17) is 4.42 Å². The Labute approximate surface area is 96.8 Å². The molecule has 2 bridgehead atoms. The molecule has 0 aromatic carbocycles. The second-order valence-electron chi connectivity index (χ2n) is 4.17. The van der Waals surface area contributed by atoms with Crippen molar-refractivity contribution in [2.45, 2.75) is 13.3 Å². The Bertz CT molecular complexity index is 331. The van der Waals surface area contributed by atoms with Crippen molar-refractivity contribution in [2.24, 2.45) is 0 Å². The van der Waals surface area contributed by atoms with Crippen LogP contribution in [0.4, 0.5) is 0 Å². The molecular weight excluding hydrogens is 200 g/mol. The van der Waals surface area contributed by atoms with Crippen molar-refractivity contribution in [3.8, 4) is 0 Å². The van der Waals surface area contributed by atoms with Gasteiger partial charge in [0.15, 0.2) is 0 Å². The number of nitrogens with one attached hydrogen (secondary N) is 1. The normalized spacial score (nSPS) is 17.3. The SMILES string of the molecule is CCCN1CCNCC1.c1cc2ccc1o2. The summed E-state index contributed by atoms with van der Waals surface area (Å²) in [7, 11) is 0. The van der Waals surface area contributed by atoms with Gasteiger partial charge in [-0.1, -0.05) is 6.92 Å². The molecule has 0 amide bonds. The van der Waals surface area contributed by atoms with Crippen molar-refractivity contribution in [3.63, 3.8) is 0 Å². The highest BCUT2D eigenvalue weighted by atomic mass is 16.3. The van der Waals surface area contributed by atoms with Crippen LogP contribution in [-0.2, 0) is 0 Å². The first kappa shape index (κ1) is 11.4. The van der Waals surface area contributed by atoms with Gasteiger partial charge < -0.3 is 14.6 Å². The van der Waals surface area contributed by atoms with E-state index in [0.717, 1.165) is 11.2 Å². The third kappa shape index (κ3) is 3.22. The summed E-state index contributed by atoms with van der Waals surface area (Å²) < 4.78 is 5.08. The number of benzene rings is 1. The Morgan fingerprint density at radius 2 is 1.69 bits per heavy atom. The summed E-state index contributed by atoms with van der Waals surface area (Å²) in [5.74, 6) is 0. The van der Waals surface area contributed by atoms with E-state index in [1.165, 1.54) is 39.1 Å². The molecule has 1 saturated heterocycles. The van der Waals surface area contributed by atoms with Gasteiger partial charge in [0.1, 0.15) is 11.2 Å². The Morgan fingerprint density at radius 1 is 1.12 bits per heavy atom. The minimum atomic E-state index is 0.968. The van der Waals surface area contributed by atoms with E-state index in [2.05, 4.69) is 17.1 Å². The summed E-state index contributed by atoms with van der Waals surface area (Å²) >= 11 is 0. The van der Waals surface area contributed by atoms with Crippen LogP contribution in [-0.4, -0.2) is 37.6 Å². The number of piperazine rings is 1. The Hall–Kier alpha value is -1.06. The van der Waals surface area contributed by atoms with Crippen LogP contribution >= 0.6 is 0 Å². The van der Waals surface area contributed by atoms with Gasteiger partial charge in [-0.25, -0.2) is 0 Å². The monoisotopic (exact) mass is 220 g/mol. The molecule has 0 saturated carbocycles. The molecule has 2 aromatic rings. The fraction of sp³-hybridized carbons (Fsp3) is 0.538. The summed E-state index contributed by atoms with van der Waals surface area (Å²) in [6.07, 6.45) is 1.29. The van der Waals surface area contributed by atoms with Gasteiger partial charge in [-0.3, -0.25) is 0 Å². The Kier molecular flexibility index (Phi) is 4.19. The van der Waals surface area contributed by atoms with Crippen LogP contribution in [0.3, 0.4) is 0 Å². The van der Waals surface area contributed by atoms with Crippen LogP contribution < -0.4 is 5.32 Å². The zero-order valence-electron chi connectivity index (χ0n) is 9.91. The number of hydrogen-bond acceptors (Lipinski definition) is 3. The van der Waals surface area contributed by atoms with Gasteiger partial charge in [0.05, 0.1) is 0 Å². The van der Waals surface area contributed by atoms with Gasteiger partial charge in [-0.2, -0.15) is 0 Å². The number of hydrogen-bond donors (Lipinski definition) is 1. The van der Waals surface area contributed by atoms with Crippen LogP contribution in [0.1, 0.15) is 13.3 Å². The third-order valence-electron chi connectivity index (χ3n) is 2.81. The van der Waals surface area contributed by atoms with E-state index in [1.807, 2.05) is 24.3 Å². The summed E-state index contributed by atoms with van der Waals surface area (Å²) in [4.78, 5) is 2.51. The summed E-state index contributed by atoms with van der Waals surface area (Å²) in [5, 5.41) is 3.33. The fourth-order valence-corrected chi connectivity index (χ4v) is 1.96. The molecule has 16 heavy (non-hydrogen) atoms. The topological polar surface area (TPSA) is 28.4 Å². The highest BCUT2D eigenvalue weighted by Gasteiger charge is 2.06. The van der Waals surface area contributed by atoms with Crippen LogP contribution in [0.25, 0.3) is 11.2 Å². The molecular formula is C13H20N2O. The lowest BCUT2D eigenvalue weighted by atomic mass is 10.3. The predicted octanol–water partition coefficient (Wildman–Crippen LogP) is 2.17. The van der Waals surface area contributed by atoms with E-state index in [-0.39, 0.29) is 0 Å². The molecule has 2 aromatic heterocycles. The number of fused-ring (bicyclic) bond motifs is 2. The maximum absolute atomic E-state index is 5.08. The van der Waals surface area contributed by atoms with Gasteiger partial charge in [0.25, 0.3) is 0 Å². The minimum absolute atomic E-state index is 0.968. The van der Waals surface area contributed by atoms with E-state index >= 15 is 0 Å². The van der Waals surface area contributed by atoms with E-state index < -0.39 is 0 Å². The van der Waals surface area contributed by atoms with Crippen LogP contribution in [0.2, 0.25) is 0 Å². The predicted molar refractivity (Wildman–Crippen MR) is 67.0 cm³/mol. The van der Waals surface area contributed by atoms with Gasteiger partial charge in [-0.05, 0) is 37.2 Å². The largest absolute Gasteiger partial charge is 0.457 e. The van der Waals surface area contributed by atoms with Crippen LogP contribution in [0.15, 0.2) is 28.7 Å². The fourth-order valence-electron chi connectivity index (χ4n) is 1.96. The van der Waals surface area contributed by atoms with E-state index in [0.29, 0.717) is 0 Å². The molecule has 0 aliphatic carbocycles. The molecule has 3 heteroatoms. The molecule has 3 nitrogen and oxygen atoms in total. The second-order valence-corrected chi connectivity index (χ2v) is 4.17. The standard InChI is InChI=1S/C7H16N2.C6H4O/c1-2-5-9-6-3-8-4-7-9;1-2-6-4-3-5(1)7-6/h8H,2-7H2,1H3;1-4H. The Balaban J connectivity index is 0.000000123. The van der Waals surface area contributed by atoms with Gasteiger partial charge in [0.2, 0.25) is 0 Å². The highest BCUT2D eigenvalue weighted by Crippen LogP contribution is 2.13. The molecule has 1 fully saturated rings. The van der Waals surface area contributed by atoms with E-state index in [1.54, 1.807) is 0 Å². The highest BCUT2D eigenvalue weighted by molar-refractivity contribution is 5.59. The maximum atomic E-state index is 5.08. The van der Waals surface area contributed by atoms with Crippen LogP contribution in [0, 0.1) is 0 Å². The zero-order valence-corrected chi connectivity index (χ0v) is 9.91. The molecule has 88 valence electrons. The Morgan fingerprint density at radius 3 is 2.06 bits per heavy atom. The zero-order chi connectivity index (χ0) is 11.2. The lowest BCUT2D eigenvalue weighted by molar-refractivity contribution is 0.241. The third-order valence-corrected chi connectivity index (χ3v) is 2.81. The smallest absolute Gasteiger partial charge is 0.127 e. The average molecular weight is 220 g/mol. The molecule has 1 aliphatic rings.